The molecule has 28 heavy (non-hydrogen) atoms. The van der Waals surface area contributed by atoms with Gasteiger partial charge in [0.15, 0.2) is 29.7 Å². The highest BCUT2D eigenvalue weighted by molar-refractivity contribution is 5.71. The number of aliphatic hydroxyl groups is 2. The van der Waals surface area contributed by atoms with Crippen molar-refractivity contribution >= 4 is 17.1 Å². The highest BCUT2D eigenvalue weighted by Crippen LogP contribution is 2.37. The van der Waals surface area contributed by atoms with Gasteiger partial charge in [-0.3, -0.25) is 14.3 Å². The van der Waals surface area contributed by atoms with E-state index in [1.807, 2.05) is 0 Å². The zero-order chi connectivity index (χ0) is 21.0. The molecule has 5 N–H and O–H groups in total. The summed E-state index contributed by atoms with van der Waals surface area (Å²) in [6, 6.07) is 0. The normalized spacial score (nSPS) is 26.8. The average Bonchev–Trinajstić information content (AvgIpc) is 3.02. The van der Waals surface area contributed by atoms with Gasteiger partial charge in [-0.15, -0.1) is 0 Å². The molecule has 10 nitrogen and oxygen atoms in total. The zero-order valence-corrected chi connectivity index (χ0v) is 14.4. The summed E-state index contributed by atoms with van der Waals surface area (Å²) in [4.78, 5) is 30.9. The Morgan fingerprint density at radius 2 is 2.04 bits per heavy atom. The summed E-state index contributed by atoms with van der Waals surface area (Å²) in [5.41, 5.74) is 3.05. The van der Waals surface area contributed by atoms with E-state index in [2.05, 4.69) is 9.97 Å². The van der Waals surface area contributed by atoms with Gasteiger partial charge in [0.05, 0.1) is 0 Å². The van der Waals surface area contributed by atoms with Crippen molar-refractivity contribution in [1.82, 2.24) is 19.1 Å². The summed E-state index contributed by atoms with van der Waals surface area (Å²) < 4.78 is 58.9. The van der Waals surface area contributed by atoms with Gasteiger partial charge in [0.1, 0.15) is 12.2 Å². The van der Waals surface area contributed by atoms with E-state index >= 15 is 0 Å². The molecular formula is C14H17F4N5O5. The van der Waals surface area contributed by atoms with E-state index in [4.69, 9.17) is 10.5 Å². The standard InChI is InChI=1S/C14H17F4N5O5/c1-2-3-22-5-9(20-12(19)21-10(5)26)23(13(22)27)11-6(24)4(15)7(28-11)8(25)14(16,17)18/h4,6-8,11,24-25H,2-3H2,1H3,(H3,19,20,21,26)/t4-,6-,7+,8-,11-/m1/s1. The SMILES string of the molecule is CCCn1c(=O)n([C@@H]2O[C@H]([C@@H](O)C(F)(F)F)[C@H](F)[C@H]2O)c2nc(N)[nH]c(=O)c21. The number of aliphatic hydroxyl groups excluding tert-OH is 2. The molecule has 1 aliphatic rings. The van der Waals surface area contributed by atoms with Gasteiger partial charge >= 0.3 is 11.9 Å². The first-order valence-electron chi connectivity index (χ1n) is 8.22. The van der Waals surface area contributed by atoms with E-state index in [1.54, 1.807) is 6.92 Å². The number of H-pyrrole nitrogens is 1. The van der Waals surface area contributed by atoms with Crippen LogP contribution < -0.4 is 17.0 Å². The second kappa shape index (κ2) is 6.86. The van der Waals surface area contributed by atoms with Gasteiger partial charge in [-0.25, -0.2) is 13.8 Å². The molecule has 2 aromatic rings. The average molecular weight is 411 g/mol. The number of nitrogen functional groups attached to an aromatic ring is 1. The van der Waals surface area contributed by atoms with Crippen LogP contribution in [0.3, 0.4) is 0 Å². The fourth-order valence-electron chi connectivity index (χ4n) is 3.18. The second-order valence-corrected chi connectivity index (χ2v) is 6.34. The van der Waals surface area contributed by atoms with Crippen molar-refractivity contribution in [2.45, 2.75) is 56.8 Å². The molecule has 1 saturated heterocycles. The first-order chi connectivity index (χ1) is 13.0. The predicted molar refractivity (Wildman–Crippen MR) is 86.2 cm³/mol. The quantitative estimate of drug-likeness (QED) is 0.491. The number of nitrogens with one attached hydrogen (secondary N) is 1. The molecule has 1 aliphatic heterocycles. The lowest BCUT2D eigenvalue weighted by Crippen LogP contribution is -2.44. The van der Waals surface area contributed by atoms with Crippen molar-refractivity contribution in [3.8, 4) is 0 Å². The van der Waals surface area contributed by atoms with Gasteiger partial charge in [-0.05, 0) is 6.42 Å². The number of nitrogens with zero attached hydrogens (tertiary/aromatic N) is 3. The molecule has 14 heteroatoms. The lowest BCUT2D eigenvalue weighted by Gasteiger charge is -2.22. The highest BCUT2D eigenvalue weighted by atomic mass is 19.4. The number of aromatic nitrogens is 4. The smallest absolute Gasteiger partial charge is 0.385 e. The molecule has 1 fully saturated rings. The monoisotopic (exact) mass is 411 g/mol. The largest absolute Gasteiger partial charge is 0.417 e. The Morgan fingerprint density at radius 3 is 2.61 bits per heavy atom. The van der Waals surface area contributed by atoms with Gasteiger partial charge in [0.25, 0.3) is 5.56 Å². The number of hydrogen-bond donors (Lipinski definition) is 4. The summed E-state index contributed by atoms with van der Waals surface area (Å²) in [5, 5.41) is 19.4. The number of anilines is 1. The van der Waals surface area contributed by atoms with Crippen LogP contribution in [0.25, 0.3) is 11.2 Å². The number of halogens is 4. The molecule has 0 amide bonds. The number of imidazole rings is 1. The van der Waals surface area contributed by atoms with Crippen LogP contribution in [0.4, 0.5) is 23.5 Å². The number of aryl methyl sites for hydroxylation is 1. The molecule has 0 aliphatic carbocycles. The van der Waals surface area contributed by atoms with Crippen LogP contribution in [0.5, 0.6) is 0 Å². The molecule has 5 atom stereocenters. The maximum Gasteiger partial charge on any atom is 0.417 e. The fraction of sp³-hybridized carbons (Fsp3) is 0.643. The molecular weight excluding hydrogens is 394 g/mol. The Morgan fingerprint density at radius 1 is 1.39 bits per heavy atom. The fourth-order valence-corrected chi connectivity index (χ4v) is 3.18. The highest BCUT2D eigenvalue weighted by Gasteiger charge is 2.56. The third-order valence-corrected chi connectivity index (χ3v) is 4.41. The molecule has 0 unspecified atom stereocenters. The van der Waals surface area contributed by atoms with E-state index in [1.165, 1.54) is 0 Å². The van der Waals surface area contributed by atoms with E-state index in [9.17, 15) is 37.4 Å². The molecule has 0 spiro atoms. The minimum atomic E-state index is -5.22. The van der Waals surface area contributed by atoms with E-state index < -0.39 is 59.7 Å². The van der Waals surface area contributed by atoms with Crippen LogP contribution in [0, 0.1) is 0 Å². The van der Waals surface area contributed by atoms with Crippen molar-refractivity contribution in [1.29, 1.82) is 0 Å². The van der Waals surface area contributed by atoms with Crippen molar-refractivity contribution < 1.29 is 32.5 Å². The Hall–Kier alpha value is -2.45. The van der Waals surface area contributed by atoms with E-state index in [0.717, 1.165) is 4.57 Å². The topological polar surface area (TPSA) is 148 Å². The third-order valence-electron chi connectivity index (χ3n) is 4.41. The minimum Gasteiger partial charge on any atom is -0.385 e. The summed E-state index contributed by atoms with van der Waals surface area (Å²) in [7, 11) is 0. The Labute approximate surface area is 153 Å². The lowest BCUT2D eigenvalue weighted by atomic mass is 10.1. The first-order valence-corrected chi connectivity index (χ1v) is 8.22. The van der Waals surface area contributed by atoms with Crippen LogP contribution in [0.2, 0.25) is 0 Å². The van der Waals surface area contributed by atoms with Gasteiger partial charge in [0, 0.05) is 6.54 Å². The molecule has 0 radical (unpaired) electrons. The summed E-state index contributed by atoms with van der Waals surface area (Å²) in [5.74, 6) is -0.406. The minimum absolute atomic E-state index is 0.0352. The van der Waals surface area contributed by atoms with Crippen LogP contribution in [0.1, 0.15) is 19.6 Å². The Kier molecular flexibility index (Phi) is 4.97. The Balaban J connectivity index is 2.18. The summed E-state index contributed by atoms with van der Waals surface area (Å²) >= 11 is 0. The lowest BCUT2D eigenvalue weighted by molar-refractivity contribution is -0.241. The van der Waals surface area contributed by atoms with Crippen LogP contribution in [-0.2, 0) is 11.3 Å². The van der Waals surface area contributed by atoms with Crippen molar-refractivity contribution in [3.63, 3.8) is 0 Å². The molecule has 0 aromatic carbocycles. The maximum atomic E-state index is 14.3. The van der Waals surface area contributed by atoms with Gasteiger partial charge in [-0.2, -0.15) is 18.2 Å². The van der Waals surface area contributed by atoms with Gasteiger partial charge < -0.3 is 20.7 Å². The number of alkyl halides is 4. The molecule has 0 saturated carbocycles. The maximum absolute atomic E-state index is 14.3. The third kappa shape index (κ3) is 3.06. The second-order valence-electron chi connectivity index (χ2n) is 6.34. The number of hydrogen-bond acceptors (Lipinski definition) is 7. The molecule has 0 bridgehead atoms. The number of ether oxygens (including phenoxy) is 1. The van der Waals surface area contributed by atoms with Crippen LogP contribution >= 0.6 is 0 Å². The number of fused-ring (bicyclic) bond motifs is 1. The van der Waals surface area contributed by atoms with Crippen LogP contribution in [0.15, 0.2) is 9.59 Å². The van der Waals surface area contributed by atoms with E-state index in [-0.39, 0.29) is 12.1 Å². The number of rotatable bonds is 4. The molecule has 3 heterocycles. The number of aromatic amines is 1. The Bertz CT molecular complexity index is 999. The van der Waals surface area contributed by atoms with Crippen molar-refractivity contribution in [2.75, 3.05) is 5.73 Å². The van der Waals surface area contributed by atoms with Crippen LogP contribution in [-0.4, -0.2) is 60.0 Å². The summed E-state index contributed by atoms with van der Waals surface area (Å²) in [6.07, 6.45) is -17.4. The molecule has 156 valence electrons. The number of nitrogens with two attached hydrogens (primary N) is 1. The van der Waals surface area contributed by atoms with Gasteiger partial charge in [-0.1, -0.05) is 6.92 Å². The molecule has 3 rings (SSSR count). The molecule has 2 aromatic heterocycles. The summed E-state index contributed by atoms with van der Waals surface area (Å²) in [6.45, 7) is 1.73. The first kappa shape index (κ1) is 20.3. The predicted octanol–water partition coefficient (Wildman–Crippen LogP) is -0.602. The van der Waals surface area contributed by atoms with E-state index in [0.29, 0.717) is 11.0 Å². The van der Waals surface area contributed by atoms with Gasteiger partial charge in [0.2, 0.25) is 5.95 Å². The zero-order valence-electron chi connectivity index (χ0n) is 14.4. The van der Waals surface area contributed by atoms with Crippen molar-refractivity contribution in [2.24, 2.45) is 0 Å². The van der Waals surface area contributed by atoms with Crippen molar-refractivity contribution in [3.05, 3.63) is 20.8 Å².